The molecule has 1 heterocycles. The Bertz CT molecular complexity index is 332. The van der Waals surface area contributed by atoms with Crippen LogP contribution in [0.2, 0.25) is 0 Å². The summed E-state index contributed by atoms with van der Waals surface area (Å²) >= 11 is 1.29. The van der Waals surface area contributed by atoms with Crippen LogP contribution in [0.15, 0.2) is 23.7 Å². The Labute approximate surface area is 78.3 Å². The van der Waals surface area contributed by atoms with Crippen LogP contribution in [0.4, 0.5) is 5.13 Å². The first-order valence-electron chi connectivity index (χ1n) is 3.36. The highest BCUT2D eigenvalue weighted by Gasteiger charge is 1.98. The first-order valence-corrected chi connectivity index (χ1v) is 4.24. The van der Waals surface area contributed by atoms with Gasteiger partial charge in [-0.1, -0.05) is 0 Å². The van der Waals surface area contributed by atoms with E-state index in [4.69, 9.17) is 5.73 Å². The molecule has 0 saturated carbocycles. The number of nitrogens with two attached hydrogens (primary N) is 1. The van der Waals surface area contributed by atoms with E-state index in [0.717, 1.165) is 12.2 Å². The largest absolute Gasteiger partial charge is 0.366 e. The number of rotatable bonds is 3. The number of anilines is 1. The summed E-state index contributed by atoms with van der Waals surface area (Å²) in [5.74, 6) is -1.08. The molecule has 13 heavy (non-hydrogen) atoms. The van der Waals surface area contributed by atoms with Crippen LogP contribution in [0.25, 0.3) is 0 Å². The molecular weight excluding hydrogens is 190 g/mol. The normalized spacial score (nSPS) is 10.2. The highest BCUT2D eigenvalue weighted by Crippen LogP contribution is 2.09. The molecule has 0 unspecified atom stereocenters. The number of thiazole rings is 1. The van der Waals surface area contributed by atoms with E-state index < -0.39 is 11.8 Å². The fraction of sp³-hybridized carbons (Fsp3) is 0. The van der Waals surface area contributed by atoms with E-state index in [1.807, 2.05) is 0 Å². The average Bonchev–Trinajstić information content (AvgIpc) is 2.53. The van der Waals surface area contributed by atoms with Gasteiger partial charge in [-0.05, 0) is 0 Å². The Hall–Kier alpha value is -1.69. The molecular formula is C7H7N3O2S. The maximum atomic E-state index is 11.0. The van der Waals surface area contributed by atoms with E-state index >= 15 is 0 Å². The number of hydrogen-bond acceptors (Lipinski definition) is 4. The Kier molecular flexibility index (Phi) is 3.15. The van der Waals surface area contributed by atoms with Gasteiger partial charge in [-0.3, -0.25) is 14.9 Å². The first-order chi connectivity index (χ1) is 6.18. The van der Waals surface area contributed by atoms with Gasteiger partial charge < -0.3 is 5.73 Å². The predicted octanol–water partition coefficient (Wildman–Crippen LogP) is 0.123. The molecule has 0 aromatic carbocycles. The van der Waals surface area contributed by atoms with Gasteiger partial charge in [0.1, 0.15) is 0 Å². The number of carbonyl (C=O) groups excluding carboxylic acids is 2. The topological polar surface area (TPSA) is 85.1 Å². The van der Waals surface area contributed by atoms with Crippen molar-refractivity contribution in [2.75, 3.05) is 5.32 Å². The fourth-order valence-electron chi connectivity index (χ4n) is 0.590. The van der Waals surface area contributed by atoms with E-state index in [1.54, 1.807) is 11.6 Å². The summed E-state index contributed by atoms with van der Waals surface area (Å²) in [6.45, 7) is 0. The van der Waals surface area contributed by atoms with Crippen molar-refractivity contribution in [1.82, 2.24) is 4.98 Å². The molecule has 1 aromatic heterocycles. The minimum absolute atomic E-state index is 0.422. The minimum Gasteiger partial charge on any atom is -0.366 e. The summed E-state index contributed by atoms with van der Waals surface area (Å²) in [6.07, 6.45) is 3.62. The molecule has 0 atom stereocenters. The minimum atomic E-state index is -0.658. The number of aromatic nitrogens is 1. The van der Waals surface area contributed by atoms with Gasteiger partial charge in [0.05, 0.1) is 0 Å². The molecule has 0 saturated heterocycles. The Morgan fingerprint density at radius 1 is 1.54 bits per heavy atom. The van der Waals surface area contributed by atoms with Crippen LogP contribution in [0.1, 0.15) is 0 Å². The Morgan fingerprint density at radius 2 is 2.31 bits per heavy atom. The van der Waals surface area contributed by atoms with Crippen LogP contribution >= 0.6 is 11.3 Å². The zero-order chi connectivity index (χ0) is 9.68. The van der Waals surface area contributed by atoms with Gasteiger partial charge in [-0.15, -0.1) is 11.3 Å². The van der Waals surface area contributed by atoms with Crippen molar-refractivity contribution in [2.45, 2.75) is 0 Å². The molecule has 0 aliphatic heterocycles. The van der Waals surface area contributed by atoms with Gasteiger partial charge in [-0.25, -0.2) is 4.98 Å². The molecule has 3 N–H and O–H groups in total. The Morgan fingerprint density at radius 3 is 2.85 bits per heavy atom. The van der Waals surface area contributed by atoms with Gasteiger partial charge in [0.2, 0.25) is 11.8 Å². The summed E-state index contributed by atoms with van der Waals surface area (Å²) in [7, 11) is 0. The maximum absolute atomic E-state index is 11.0. The molecule has 0 spiro atoms. The standard InChI is InChI=1S/C7H7N3O2S/c8-5(11)1-2-6(12)10-7-9-3-4-13-7/h1-4H,(H2,8,11)(H,9,10,12)/b2-1+. The average molecular weight is 197 g/mol. The van der Waals surface area contributed by atoms with Crippen molar-refractivity contribution in [3.8, 4) is 0 Å². The van der Waals surface area contributed by atoms with E-state index in [-0.39, 0.29) is 0 Å². The van der Waals surface area contributed by atoms with Gasteiger partial charge in [0, 0.05) is 23.7 Å². The predicted molar refractivity (Wildman–Crippen MR) is 49.1 cm³/mol. The highest BCUT2D eigenvalue weighted by atomic mass is 32.1. The molecule has 1 aromatic rings. The lowest BCUT2D eigenvalue weighted by Crippen LogP contribution is -2.11. The molecule has 1 rings (SSSR count). The van der Waals surface area contributed by atoms with E-state index in [0.29, 0.717) is 5.13 Å². The van der Waals surface area contributed by atoms with Crippen LogP contribution in [0, 0.1) is 0 Å². The van der Waals surface area contributed by atoms with Crippen molar-refractivity contribution in [2.24, 2.45) is 5.73 Å². The maximum Gasteiger partial charge on any atom is 0.250 e. The van der Waals surface area contributed by atoms with Crippen molar-refractivity contribution in [3.05, 3.63) is 23.7 Å². The fourth-order valence-corrected chi connectivity index (χ4v) is 1.12. The van der Waals surface area contributed by atoms with E-state index in [9.17, 15) is 9.59 Å². The molecule has 68 valence electrons. The summed E-state index contributed by atoms with van der Waals surface area (Å²) in [4.78, 5) is 25.0. The van der Waals surface area contributed by atoms with Crippen LogP contribution < -0.4 is 11.1 Å². The third-order valence-electron chi connectivity index (χ3n) is 1.06. The third kappa shape index (κ3) is 3.48. The Balaban J connectivity index is 2.47. The van der Waals surface area contributed by atoms with E-state index in [1.165, 1.54) is 11.3 Å². The van der Waals surface area contributed by atoms with Crippen molar-refractivity contribution in [1.29, 1.82) is 0 Å². The van der Waals surface area contributed by atoms with Crippen LogP contribution in [0.3, 0.4) is 0 Å². The number of carbonyl (C=O) groups is 2. The summed E-state index contributed by atoms with van der Waals surface area (Å²) in [5, 5.41) is 4.67. The lowest BCUT2D eigenvalue weighted by molar-refractivity contribution is -0.115. The molecule has 0 aliphatic rings. The van der Waals surface area contributed by atoms with Crippen molar-refractivity contribution in [3.63, 3.8) is 0 Å². The number of amides is 2. The van der Waals surface area contributed by atoms with Crippen molar-refractivity contribution < 1.29 is 9.59 Å². The van der Waals surface area contributed by atoms with Gasteiger partial charge >= 0.3 is 0 Å². The summed E-state index contributed by atoms with van der Waals surface area (Å²) < 4.78 is 0. The van der Waals surface area contributed by atoms with Crippen LogP contribution in [-0.4, -0.2) is 16.8 Å². The lowest BCUT2D eigenvalue weighted by atomic mass is 10.4. The number of primary amides is 1. The first kappa shape index (κ1) is 9.40. The number of nitrogens with zero attached hydrogens (tertiary/aromatic N) is 1. The SMILES string of the molecule is NC(=O)/C=C/C(=O)Nc1nccs1. The summed E-state index contributed by atoms with van der Waals surface area (Å²) in [5.41, 5.74) is 4.80. The van der Waals surface area contributed by atoms with Gasteiger partial charge in [0.25, 0.3) is 0 Å². The molecule has 0 bridgehead atoms. The van der Waals surface area contributed by atoms with Crippen LogP contribution in [-0.2, 0) is 9.59 Å². The quantitative estimate of drug-likeness (QED) is 0.675. The highest BCUT2D eigenvalue weighted by molar-refractivity contribution is 7.13. The third-order valence-corrected chi connectivity index (χ3v) is 1.75. The van der Waals surface area contributed by atoms with Crippen LogP contribution in [0.5, 0.6) is 0 Å². The molecule has 0 fully saturated rings. The molecule has 0 aliphatic carbocycles. The monoisotopic (exact) mass is 197 g/mol. The van der Waals surface area contributed by atoms with Gasteiger partial charge in [0.15, 0.2) is 5.13 Å². The lowest BCUT2D eigenvalue weighted by Gasteiger charge is -1.93. The smallest absolute Gasteiger partial charge is 0.250 e. The van der Waals surface area contributed by atoms with Crippen molar-refractivity contribution >= 4 is 28.3 Å². The molecule has 5 nitrogen and oxygen atoms in total. The zero-order valence-electron chi connectivity index (χ0n) is 6.56. The van der Waals surface area contributed by atoms with E-state index in [2.05, 4.69) is 10.3 Å². The second kappa shape index (κ2) is 4.36. The second-order valence-corrected chi connectivity index (χ2v) is 2.96. The number of nitrogens with one attached hydrogen (secondary N) is 1. The molecule has 0 radical (unpaired) electrons. The zero-order valence-corrected chi connectivity index (χ0v) is 7.38. The second-order valence-electron chi connectivity index (χ2n) is 2.06. The number of hydrogen-bond donors (Lipinski definition) is 2. The molecule has 2 amide bonds. The summed E-state index contributed by atoms with van der Waals surface area (Å²) in [6, 6.07) is 0. The van der Waals surface area contributed by atoms with Gasteiger partial charge in [-0.2, -0.15) is 0 Å². The molecule has 6 heteroatoms.